The van der Waals surface area contributed by atoms with Crippen molar-refractivity contribution in [2.75, 3.05) is 0 Å². The first-order valence-electron chi connectivity index (χ1n) is 0. The molecular formula is H11Cl4F7Ti3. The average molecular weight is 429 g/mol. The Kier molecular flexibility index (Phi) is 16600. The van der Waals surface area contributed by atoms with Crippen LogP contribution in [0.5, 0.6) is 0 Å². The molecule has 0 aromatic carbocycles. The van der Waals surface area contributed by atoms with Gasteiger partial charge in [0.25, 0.3) is 0 Å². The van der Waals surface area contributed by atoms with Crippen LogP contribution in [0.25, 0.3) is 0 Å². The summed E-state index contributed by atoms with van der Waals surface area (Å²) in [6.07, 6.45) is 0. The minimum absolute atomic E-state index is 0. The molecule has 0 unspecified atom stereocenters. The molecule has 14 heavy (non-hydrogen) atoms. The zero-order chi connectivity index (χ0) is 0. The second-order valence-corrected chi connectivity index (χ2v) is 0. The molecule has 0 aliphatic heterocycles. The molecule has 0 heterocycles. The molecule has 0 aliphatic rings. The van der Waals surface area contributed by atoms with Crippen molar-refractivity contribution in [3.63, 3.8) is 0 Å². The molecule has 0 fully saturated rings. The molecule has 0 nitrogen and oxygen atoms in total. The van der Waals surface area contributed by atoms with E-state index in [0.29, 0.717) is 0 Å². The third-order valence-electron chi connectivity index (χ3n) is 0. The maximum atomic E-state index is 0. The molecule has 0 saturated heterocycles. The third-order valence-corrected chi connectivity index (χ3v) is 0. The summed E-state index contributed by atoms with van der Waals surface area (Å²) in [4.78, 5) is 0. The first kappa shape index (κ1) is 531. The predicted octanol–water partition coefficient (Wildman–Crippen LogP) is 2.75. The van der Waals surface area contributed by atoms with Gasteiger partial charge in [0, 0.05) is 65.2 Å². The van der Waals surface area contributed by atoms with E-state index in [1.54, 1.807) is 0 Å². The Bertz CT molecular complexity index is 20.9. The Hall–Kier alpha value is 2.81. The van der Waals surface area contributed by atoms with Crippen LogP contribution in [-0.4, -0.2) is 0 Å². The monoisotopic (exact) mass is 428 g/mol. The molecule has 0 saturated carbocycles. The number of rotatable bonds is 0. The summed E-state index contributed by atoms with van der Waals surface area (Å²) in [5.74, 6) is 0. The van der Waals surface area contributed by atoms with Crippen LogP contribution in [0.15, 0.2) is 0 Å². The van der Waals surface area contributed by atoms with E-state index in [4.69, 9.17) is 0 Å². The molecular weight excluding hydrogens is 418 g/mol. The number of halogens is 11. The van der Waals surface area contributed by atoms with Crippen molar-refractivity contribution in [2.45, 2.75) is 0 Å². The van der Waals surface area contributed by atoms with Gasteiger partial charge >= 0.3 is 0 Å². The van der Waals surface area contributed by atoms with Crippen LogP contribution in [0.4, 0.5) is 32.9 Å². The van der Waals surface area contributed by atoms with Crippen LogP contribution in [0.3, 0.4) is 0 Å². The van der Waals surface area contributed by atoms with Crippen LogP contribution in [0, 0.1) is 0 Å². The molecule has 0 N–H and O–H groups in total. The number of hydrogen-bond donors (Lipinski definition) is 0. The van der Waals surface area contributed by atoms with Crippen molar-refractivity contribution in [3.05, 3.63) is 0 Å². The second kappa shape index (κ2) is 439. The van der Waals surface area contributed by atoms with Gasteiger partial charge in [-0.05, 0) is 0 Å². The molecule has 100 valence electrons. The van der Waals surface area contributed by atoms with Crippen molar-refractivity contribution in [1.29, 1.82) is 0 Å². The molecule has 0 aromatic heterocycles. The standard InChI is InChI=1S/4ClH.7FH.3Ti/h11*1H;;;. The quantitative estimate of drug-likeness (QED) is 0.410. The Morgan fingerprint density at radius 3 is 0.214 bits per heavy atom. The maximum Gasteiger partial charge on any atom is 0 e. The van der Waals surface area contributed by atoms with E-state index < -0.39 is 0 Å². The van der Waals surface area contributed by atoms with Crippen LogP contribution in [-0.2, 0) is 65.2 Å². The van der Waals surface area contributed by atoms with Crippen molar-refractivity contribution in [3.8, 4) is 0 Å². The molecule has 14 heteroatoms. The summed E-state index contributed by atoms with van der Waals surface area (Å²) in [5, 5.41) is 0. The minimum atomic E-state index is 0. The minimum Gasteiger partial charge on any atom is -0.269 e. The fourth-order valence-electron chi connectivity index (χ4n) is 0. The van der Waals surface area contributed by atoms with E-state index in [2.05, 4.69) is 0 Å². The Morgan fingerprint density at radius 2 is 0.214 bits per heavy atom. The first-order chi connectivity index (χ1) is 0. The van der Waals surface area contributed by atoms with Crippen LogP contribution < -0.4 is 0 Å². The molecule has 0 spiro atoms. The summed E-state index contributed by atoms with van der Waals surface area (Å²) in [7, 11) is 0. The van der Waals surface area contributed by atoms with E-state index in [9.17, 15) is 0 Å². The first-order valence-corrected chi connectivity index (χ1v) is 0. The van der Waals surface area contributed by atoms with E-state index >= 15 is 0 Å². The van der Waals surface area contributed by atoms with Gasteiger partial charge in [0.2, 0.25) is 0 Å². The van der Waals surface area contributed by atoms with Crippen molar-refractivity contribution in [1.82, 2.24) is 0 Å². The molecule has 0 atom stereocenters. The summed E-state index contributed by atoms with van der Waals surface area (Å²) >= 11 is 0. The van der Waals surface area contributed by atoms with Crippen molar-refractivity contribution in [2.24, 2.45) is 0 Å². The van der Waals surface area contributed by atoms with Crippen molar-refractivity contribution < 1.29 is 98.1 Å². The zero-order valence-electron chi connectivity index (χ0n) is 5.99. The molecule has 0 amide bonds. The second-order valence-electron chi connectivity index (χ2n) is 0. The van der Waals surface area contributed by atoms with Crippen LogP contribution in [0.2, 0.25) is 0 Å². The molecule has 0 aliphatic carbocycles. The zero-order valence-corrected chi connectivity index (χ0v) is 13.9. The summed E-state index contributed by atoms with van der Waals surface area (Å²) in [6.45, 7) is 0. The fraction of sp³-hybridized carbons (Fsp3) is 0. The van der Waals surface area contributed by atoms with Crippen molar-refractivity contribution >= 4 is 49.6 Å². The van der Waals surface area contributed by atoms with E-state index in [0.717, 1.165) is 0 Å². The largest absolute Gasteiger partial charge is 0.269 e. The maximum absolute atomic E-state index is 0. The summed E-state index contributed by atoms with van der Waals surface area (Å²) in [5.41, 5.74) is 0. The topological polar surface area (TPSA) is 0 Å². The Morgan fingerprint density at radius 1 is 0.214 bits per heavy atom. The van der Waals surface area contributed by atoms with Gasteiger partial charge in [0.15, 0.2) is 0 Å². The summed E-state index contributed by atoms with van der Waals surface area (Å²) < 4.78 is 0. The van der Waals surface area contributed by atoms with Gasteiger partial charge in [-0.15, -0.1) is 49.6 Å². The molecule has 0 rings (SSSR count). The molecule has 0 aromatic rings. The van der Waals surface area contributed by atoms with Crippen LogP contribution in [0.1, 0.15) is 0 Å². The third kappa shape index (κ3) is 357. The van der Waals surface area contributed by atoms with Gasteiger partial charge in [-0.1, -0.05) is 0 Å². The predicted molar refractivity (Wildman–Crippen MR) is 46.5 cm³/mol. The molecule has 0 bridgehead atoms. The van der Waals surface area contributed by atoms with Gasteiger partial charge in [-0.25, -0.2) is 0 Å². The van der Waals surface area contributed by atoms with E-state index in [-0.39, 0.29) is 148 Å². The van der Waals surface area contributed by atoms with Gasteiger partial charge < -0.3 is 0 Å². The average Bonchev–Trinajstić information content (AvgIpc) is 0. The fourth-order valence-corrected chi connectivity index (χ4v) is 0. The SMILES string of the molecule is Cl.Cl.Cl.Cl.F.F.F.F.F.F.F.[Ti].[Ti].[Ti]. The molecule has 0 radical (unpaired) electrons. The van der Waals surface area contributed by atoms with Crippen LogP contribution >= 0.6 is 49.6 Å². The van der Waals surface area contributed by atoms with E-state index in [1.807, 2.05) is 0 Å². The Labute approximate surface area is 146 Å². The van der Waals surface area contributed by atoms with E-state index in [1.165, 1.54) is 0 Å². The summed E-state index contributed by atoms with van der Waals surface area (Å²) in [6, 6.07) is 0. The van der Waals surface area contributed by atoms with Gasteiger partial charge in [-0.2, -0.15) is 0 Å². The van der Waals surface area contributed by atoms with Gasteiger partial charge in [0.1, 0.15) is 0 Å². The smallest absolute Gasteiger partial charge is 0 e. The van der Waals surface area contributed by atoms with Gasteiger partial charge in [-0.3, -0.25) is 32.9 Å². The normalized spacial score (nSPS) is 0. The Balaban J connectivity index is 0. The van der Waals surface area contributed by atoms with Gasteiger partial charge in [0.05, 0.1) is 0 Å². The number of hydrogen-bond acceptors (Lipinski definition) is 0.